The molecule has 1 aliphatic rings. The van der Waals surface area contributed by atoms with Gasteiger partial charge in [0.1, 0.15) is 5.01 Å². The lowest BCUT2D eigenvalue weighted by molar-refractivity contribution is -0.122. The van der Waals surface area contributed by atoms with Gasteiger partial charge in [-0.3, -0.25) is 15.0 Å². The largest absolute Gasteiger partial charge is 0.338 e. The lowest BCUT2D eigenvalue weighted by atomic mass is 10.0. The predicted octanol–water partition coefficient (Wildman–Crippen LogP) is 3.31. The first kappa shape index (κ1) is 18.8. The second kappa shape index (κ2) is 8.60. The van der Waals surface area contributed by atoms with Crippen LogP contribution in [0.2, 0.25) is 0 Å². The van der Waals surface area contributed by atoms with Crippen molar-refractivity contribution in [3.63, 3.8) is 0 Å². The van der Waals surface area contributed by atoms with Crippen molar-refractivity contribution in [2.24, 2.45) is 5.92 Å². The van der Waals surface area contributed by atoms with E-state index in [-0.39, 0.29) is 18.5 Å². The van der Waals surface area contributed by atoms with Crippen LogP contribution in [0.25, 0.3) is 10.2 Å². The molecule has 3 rings (SSSR count). The average molecular weight is 375 g/mol. The summed E-state index contributed by atoms with van der Waals surface area (Å²) in [6, 6.07) is 7.84. The summed E-state index contributed by atoms with van der Waals surface area (Å²) in [7, 11) is 0. The Bertz CT molecular complexity index is 741. The number of likely N-dealkylation sites (tertiary alicyclic amines) is 1. The molecule has 2 heterocycles. The van der Waals surface area contributed by atoms with Crippen LogP contribution in [0.3, 0.4) is 0 Å². The van der Waals surface area contributed by atoms with Crippen LogP contribution in [0.1, 0.15) is 44.2 Å². The predicted molar refractivity (Wildman–Crippen MR) is 104 cm³/mol. The number of fused-ring (bicyclic) bond motifs is 1. The number of nitrogens with zero attached hydrogens (tertiary/aromatic N) is 2. The number of urea groups is 1. The fourth-order valence-corrected chi connectivity index (χ4v) is 4.32. The zero-order valence-electron chi connectivity index (χ0n) is 15.3. The van der Waals surface area contributed by atoms with Crippen molar-refractivity contribution in [1.82, 2.24) is 20.5 Å². The number of benzene rings is 1. The number of piperidine rings is 1. The third-order valence-electron chi connectivity index (χ3n) is 4.48. The second-order valence-electron chi connectivity index (χ2n) is 7.15. The van der Waals surface area contributed by atoms with Crippen molar-refractivity contribution in [3.05, 3.63) is 29.3 Å². The summed E-state index contributed by atoms with van der Waals surface area (Å²) < 4.78 is 1.17. The monoisotopic (exact) mass is 374 g/mol. The maximum Gasteiger partial charge on any atom is 0.321 e. The van der Waals surface area contributed by atoms with Gasteiger partial charge in [-0.25, -0.2) is 9.78 Å². The van der Waals surface area contributed by atoms with Crippen LogP contribution in [0.15, 0.2) is 24.3 Å². The average Bonchev–Trinajstić information content (AvgIpc) is 3.04. The highest BCUT2D eigenvalue weighted by Gasteiger charge is 2.28. The molecule has 0 spiro atoms. The molecule has 6 nitrogen and oxygen atoms in total. The molecule has 7 heteroatoms. The van der Waals surface area contributed by atoms with Gasteiger partial charge in [-0.2, -0.15) is 0 Å². The van der Waals surface area contributed by atoms with Crippen LogP contribution < -0.4 is 10.6 Å². The topological polar surface area (TPSA) is 74.3 Å². The summed E-state index contributed by atoms with van der Waals surface area (Å²) in [5.41, 5.74) is 1.01. The number of imide groups is 1. The molecule has 2 aromatic rings. The molecule has 1 aliphatic heterocycles. The van der Waals surface area contributed by atoms with E-state index in [0.717, 1.165) is 36.3 Å². The summed E-state index contributed by atoms with van der Waals surface area (Å²) in [6.45, 7) is 5.64. The van der Waals surface area contributed by atoms with E-state index >= 15 is 0 Å². The Morgan fingerprint density at radius 2 is 2.12 bits per heavy atom. The van der Waals surface area contributed by atoms with Crippen LogP contribution in [-0.4, -0.2) is 41.5 Å². The molecule has 0 aliphatic carbocycles. The number of carbonyl (C=O) groups excluding carboxylic acids is 2. The molecule has 2 N–H and O–H groups in total. The molecule has 1 saturated heterocycles. The third-order valence-corrected chi connectivity index (χ3v) is 5.62. The van der Waals surface area contributed by atoms with Crippen LogP contribution >= 0.6 is 11.3 Å². The maximum atomic E-state index is 12.3. The van der Waals surface area contributed by atoms with Crippen molar-refractivity contribution < 1.29 is 9.59 Å². The molecule has 0 radical (unpaired) electrons. The van der Waals surface area contributed by atoms with Gasteiger partial charge < -0.3 is 5.32 Å². The molecule has 1 fully saturated rings. The summed E-state index contributed by atoms with van der Waals surface area (Å²) in [6.07, 6.45) is 3.19. The highest BCUT2D eigenvalue weighted by Crippen LogP contribution is 2.35. The van der Waals surface area contributed by atoms with E-state index < -0.39 is 6.03 Å². The Balaban J connectivity index is 1.63. The molecule has 0 unspecified atom stereocenters. The minimum absolute atomic E-state index is 0.144. The summed E-state index contributed by atoms with van der Waals surface area (Å²) in [4.78, 5) is 31.0. The quantitative estimate of drug-likeness (QED) is 0.842. The first-order valence-corrected chi connectivity index (χ1v) is 10.0. The molecule has 1 aromatic carbocycles. The number of nitrogens with one attached hydrogen (secondary N) is 2. The first-order chi connectivity index (χ1) is 12.5. The zero-order chi connectivity index (χ0) is 18.5. The van der Waals surface area contributed by atoms with Crippen LogP contribution in [0, 0.1) is 5.92 Å². The van der Waals surface area contributed by atoms with Gasteiger partial charge in [0.2, 0.25) is 5.91 Å². The van der Waals surface area contributed by atoms with E-state index in [2.05, 4.69) is 21.6 Å². The molecule has 0 saturated carbocycles. The van der Waals surface area contributed by atoms with E-state index in [1.54, 1.807) is 11.3 Å². The van der Waals surface area contributed by atoms with E-state index in [9.17, 15) is 9.59 Å². The smallest absolute Gasteiger partial charge is 0.321 e. The molecular weight excluding hydrogens is 348 g/mol. The Labute approximate surface area is 158 Å². The van der Waals surface area contributed by atoms with E-state index in [4.69, 9.17) is 4.98 Å². The molecule has 26 heavy (non-hydrogen) atoms. The minimum atomic E-state index is -0.419. The van der Waals surface area contributed by atoms with Crippen molar-refractivity contribution >= 4 is 33.5 Å². The van der Waals surface area contributed by atoms with Gasteiger partial charge in [0.05, 0.1) is 22.8 Å². The van der Waals surface area contributed by atoms with Crippen molar-refractivity contribution in [2.45, 2.75) is 39.2 Å². The Morgan fingerprint density at radius 1 is 1.31 bits per heavy atom. The molecule has 0 bridgehead atoms. The van der Waals surface area contributed by atoms with Crippen molar-refractivity contribution in [2.75, 3.05) is 19.6 Å². The number of amides is 3. The standard InChI is InChI=1S/C19H26N4O2S/c1-13(2)11-20-19(25)22-17(24)12-23-10-6-5-8-15(23)18-21-14-7-3-4-9-16(14)26-18/h3-4,7,9,13,15H,5-6,8,10-12H2,1-2H3,(H2,20,22,24,25)/t15-/m1/s1. The first-order valence-electron chi connectivity index (χ1n) is 9.20. The van der Waals surface area contributed by atoms with Crippen LogP contribution in [0.4, 0.5) is 4.79 Å². The summed E-state index contributed by atoms with van der Waals surface area (Å²) in [5, 5.41) is 6.20. The van der Waals surface area contributed by atoms with Gasteiger partial charge in [0.25, 0.3) is 0 Å². The van der Waals surface area contributed by atoms with Crippen LogP contribution in [-0.2, 0) is 4.79 Å². The molecule has 3 amide bonds. The third kappa shape index (κ3) is 4.80. The Kier molecular flexibility index (Phi) is 6.21. The van der Waals surface area contributed by atoms with Crippen LogP contribution in [0.5, 0.6) is 0 Å². The summed E-state index contributed by atoms with van der Waals surface area (Å²) >= 11 is 1.70. The van der Waals surface area contributed by atoms with Gasteiger partial charge in [0.15, 0.2) is 0 Å². The molecule has 140 valence electrons. The number of thiazole rings is 1. The normalized spacial score (nSPS) is 18.2. The van der Waals surface area contributed by atoms with Crippen molar-refractivity contribution in [1.29, 1.82) is 0 Å². The van der Waals surface area contributed by atoms with Gasteiger partial charge in [-0.1, -0.05) is 32.4 Å². The highest BCUT2D eigenvalue weighted by molar-refractivity contribution is 7.18. The number of aromatic nitrogens is 1. The number of hydrogen-bond donors (Lipinski definition) is 2. The maximum absolute atomic E-state index is 12.3. The van der Waals surface area contributed by atoms with E-state index in [0.29, 0.717) is 12.5 Å². The Hall–Kier alpha value is -1.99. The van der Waals surface area contributed by atoms with Crippen molar-refractivity contribution in [3.8, 4) is 0 Å². The SMILES string of the molecule is CC(C)CNC(=O)NC(=O)CN1CCCC[C@@H]1c1nc2ccccc2s1. The number of para-hydroxylation sites is 1. The Morgan fingerprint density at radius 3 is 2.88 bits per heavy atom. The summed E-state index contributed by atoms with van der Waals surface area (Å²) in [5.74, 6) is 0.0839. The van der Waals surface area contributed by atoms with Gasteiger partial charge in [0, 0.05) is 6.54 Å². The second-order valence-corrected chi connectivity index (χ2v) is 8.22. The van der Waals surface area contributed by atoms with E-state index in [1.807, 2.05) is 32.0 Å². The molecule has 1 aromatic heterocycles. The fourth-order valence-electron chi connectivity index (χ4n) is 3.18. The van der Waals surface area contributed by atoms with Gasteiger partial charge >= 0.3 is 6.03 Å². The lowest BCUT2D eigenvalue weighted by Gasteiger charge is -2.33. The minimum Gasteiger partial charge on any atom is -0.338 e. The lowest BCUT2D eigenvalue weighted by Crippen LogP contribution is -2.46. The van der Waals surface area contributed by atoms with E-state index in [1.165, 1.54) is 4.70 Å². The zero-order valence-corrected chi connectivity index (χ0v) is 16.1. The van der Waals surface area contributed by atoms with Gasteiger partial charge in [-0.05, 0) is 37.4 Å². The highest BCUT2D eigenvalue weighted by atomic mass is 32.1. The molecular formula is C19H26N4O2S. The molecule has 1 atom stereocenters. The van der Waals surface area contributed by atoms with Gasteiger partial charge in [-0.15, -0.1) is 11.3 Å². The number of hydrogen-bond acceptors (Lipinski definition) is 5. The number of carbonyl (C=O) groups is 2. The number of rotatable bonds is 5. The fraction of sp³-hybridized carbons (Fsp3) is 0.526.